The van der Waals surface area contributed by atoms with Gasteiger partial charge in [-0.15, -0.1) is 0 Å². The van der Waals surface area contributed by atoms with Crippen molar-refractivity contribution in [1.82, 2.24) is 5.43 Å². The fraction of sp³-hybridized carbons (Fsp3) is 0.200. The number of hydrazone groups is 1. The maximum Gasteiger partial charge on any atom is 0.332 e. The van der Waals surface area contributed by atoms with E-state index in [-0.39, 0.29) is 6.79 Å². The van der Waals surface area contributed by atoms with Crippen molar-refractivity contribution in [2.45, 2.75) is 0 Å². The maximum absolute atomic E-state index is 10.4. The topological polar surface area (TPSA) is 95.2 Å². The van der Waals surface area contributed by atoms with Crippen molar-refractivity contribution < 1.29 is 19.0 Å². The molecule has 0 aliphatic carbocycles. The normalized spacial score (nSPS) is 12.8. The minimum absolute atomic E-state index is 0.159. The maximum atomic E-state index is 10.4. The zero-order valence-electron chi connectivity index (χ0n) is 9.10. The highest BCUT2D eigenvalue weighted by molar-refractivity contribution is 5.83. The number of primary amides is 1. The predicted octanol–water partition coefficient (Wildman–Crippen LogP) is 0.426. The molecule has 17 heavy (non-hydrogen) atoms. The van der Waals surface area contributed by atoms with Crippen LogP contribution in [0.2, 0.25) is 0 Å². The van der Waals surface area contributed by atoms with E-state index in [0.717, 1.165) is 0 Å². The summed E-state index contributed by atoms with van der Waals surface area (Å²) >= 11 is 0. The van der Waals surface area contributed by atoms with Crippen molar-refractivity contribution >= 4 is 12.2 Å². The molecule has 1 aromatic rings. The van der Waals surface area contributed by atoms with Gasteiger partial charge in [-0.3, -0.25) is 0 Å². The molecule has 0 saturated carbocycles. The molecule has 0 fully saturated rings. The van der Waals surface area contributed by atoms with Gasteiger partial charge in [0.25, 0.3) is 0 Å². The van der Waals surface area contributed by atoms with Gasteiger partial charge in [0, 0.05) is 5.56 Å². The Morgan fingerprint density at radius 1 is 1.59 bits per heavy atom. The number of urea groups is 1. The molecule has 2 rings (SSSR count). The van der Waals surface area contributed by atoms with E-state index in [2.05, 4.69) is 10.5 Å². The number of rotatable bonds is 3. The van der Waals surface area contributed by atoms with Crippen LogP contribution in [-0.4, -0.2) is 26.1 Å². The highest BCUT2D eigenvalue weighted by atomic mass is 16.7. The molecule has 1 aliphatic heterocycles. The van der Waals surface area contributed by atoms with E-state index in [1.807, 2.05) is 0 Å². The molecule has 0 bridgehead atoms. The number of hydrogen-bond acceptors (Lipinski definition) is 5. The molecule has 0 saturated heterocycles. The van der Waals surface area contributed by atoms with Crippen LogP contribution in [0.15, 0.2) is 17.2 Å². The van der Waals surface area contributed by atoms with Crippen molar-refractivity contribution in [3.05, 3.63) is 17.7 Å². The average Bonchev–Trinajstić information content (AvgIpc) is 2.75. The van der Waals surface area contributed by atoms with Crippen LogP contribution in [0.25, 0.3) is 0 Å². The Morgan fingerprint density at radius 3 is 3.12 bits per heavy atom. The molecule has 1 aromatic carbocycles. The number of nitrogens with two attached hydrogens (primary N) is 1. The summed E-state index contributed by atoms with van der Waals surface area (Å²) < 4.78 is 15.6. The zero-order valence-corrected chi connectivity index (χ0v) is 9.10. The van der Waals surface area contributed by atoms with Gasteiger partial charge in [0.05, 0.1) is 13.3 Å². The summed E-state index contributed by atoms with van der Waals surface area (Å²) in [4.78, 5) is 10.4. The second kappa shape index (κ2) is 4.60. The van der Waals surface area contributed by atoms with E-state index in [0.29, 0.717) is 22.8 Å². The van der Waals surface area contributed by atoms with E-state index in [1.165, 1.54) is 13.3 Å². The van der Waals surface area contributed by atoms with Gasteiger partial charge in [-0.1, -0.05) is 0 Å². The molecule has 7 nitrogen and oxygen atoms in total. The van der Waals surface area contributed by atoms with E-state index in [1.54, 1.807) is 12.1 Å². The molecule has 3 N–H and O–H groups in total. The molecule has 1 heterocycles. The third-order valence-electron chi connectivity index (χ3n) is 2.07. The number of methoxy groups -OCH3 is 1. The van der Waals surface area contributed by atoms with Gasteiger partial charge in [0.15, 0.2) is 11.5 Å². The Bertz CT molecular complexity index is 473. The summed E-state index contributed by atoms with van der Waals surface area (Å²) in [5.41, 5.74) is 7.66. The average molecular weight is 237 g/mol. The molecular formula is C10H11N3O4. The lowest BCUT2D eigenvalue weighted by Crippen LogP contribution is -2.24. The van der Waals surface area contributed by atoms with Gasteiger partial charge in [-0.25, -0.2) is 10.2 Å². The number of amides is 2. The Labute approximate surface area is 97.1 Å². The molecule has 1 aliphatic rings. The first-order valence-corrected chi connectivity index (χ1v) is 4.77. The van der Waals surface area contributed by atoms with Crippen molar-refractivity contribution in [2.24, 2.45) is 10.8 Å². The zero-order chi connectivity index (χ0) is 12.3. The summed E-state index contributed by atoms with van der Waals surface area (Å²) in [7, 11) is 1.53. The quantitative estimate of drug-likeness (QED) is 0.588. The first-order chi connectivity index (χ1) is 8.20. The van der Waals surface area contributed by atoms with E-state index in [9.17, 15) is 4.79 Å². The van der Waals surface area contributed by atoms with Gasteiger partial charge in [0.2, 0.25) is 12.5 Å². The second-order valence-electron chi connectivity index (χ2n) is 3.19. The van der Waals surface area contributed by atoms with Crippen LogP contribution < -0.4 is 25.4 Å². The summed E-state index contributed by atoms with van der Waals surface area (Å²) in [6.45, 7) is 0.159. The molecule has 7 heteroatoms. The van der Waals surface area contributed by atoms with Gasteiger partial charge in [-0.05, 0) is 12.1 Å². The van der Waals surface area contributed by atoms with Crippen LogP contribution in [0.3, 0.4) is 0 Å². The van der Waals surface area contributed by atoms with E-state index >= 15 is 0 Å². The van der Waals surface area contributed by atoms with E-state index < -0.39 is 6.03 Å². The number of carbonyl (C=O) groups excluding carboxylic acids is 1. The van der Waals surface area contributed by atoms with Crippen molar-refractivity contribution in [1.29, 1.82) is 0 Å². The minimum Gasteiger partial charge on any atom is -0.493 e. The lowest BCUT2D eigenvalue weighted by atomic mass is 10.2. The smallest absolute Gasteiger partial charge is 0.332 e. The Kier molecular flexibility index (Phi) is 2.99. The Morgan fingerprint density at radius 2 is 2.41 bits per heavy atom. The highest BCUT2D eigenvalue weighted by Crippen LogP contribution is 2.41. The number of nitrogens with zero attached hydrogens (tertiary/aromatic N) is 1. The number of carbonyl (C=O) groups is 1. The molecule has 0 atom stereocenters. The lowest BCUT2D eigenvalue weighted by Gasteiger charge is -2.05. The van der Waals surface area contributed by atoms with Gasteiger partial charge in [-0.2, -0.15) is 5.10 Å². The second-order valence-corrected chi connectivity index (χ2v) is 3.19. The molecule has 0 unspecified atom stereocenters. The molecule has 0 radical (unpaired) electrons. The molecular weight excluding hydrogens is 226 g/mol. The van der Waals surface area contributed by atoms with Gasteiger partial charge in [0.1, 0.15) is 0 Å². The monoisotopic (exact) mass is 237 g/mol. The largest absolute Gasteiger partial charge is 0.493 e. The molecule has 0 spiro atoms. The lowest BCUT2D eigenvalue weighted by molar-refractivity contribution is 0.171. The fourth-order valence-corrected chi connectivity index (χ4v) is 1.39. The number of hydrogen-bond donors (Lipinski definition) is 2. The van der Waals surface area contributed by atoms with Crippen molar-refractivity contribution in [3.63, 3.8) is 0 Å². The van der Waals surface area contributed by atoms with Crippen LogP contribution in [0.1, 0.15) is 5.56 Å². The SMILES string of the molecule is COc1cc(C=NNC(N)=O)cc2c1OCO2. The molecule has 2 amide bonds. The summed E-state index contributed by atoms with van der Waals surface area (Å²) in [6, 6.07) is 2.70. The number of ether oxygens (including phenoxy) is 3. The van der Waals surface area contributed by atoms with E-state index in [4.69, 9.17) is 19.9 Å². The number of fused-ring (bicyclic) bond motifs is 1. The standard InChI is InChI=1S/C10H11N3O4/c1-15-7-2-6(4-12-13-10(11)14)3-8-9(7)17-5-16-8/h2-4H,5H2,1H3,(H3,11,13,14). The van der Waals surface area contributed by atoms with Crippen molar-refractivity contribution in [2.75, 3.05) is 13.9 Å². The Hall–Kier alpha value is -2.44. The summed E-state index contributed by atoms with van der Waals surface area (Å²) in [5.74, 6) is 1.68. The van der Waals surface area contributed by atoms with Crippen LogP contribution in [0.5, 0.6) is 17.2 Å². The summed E-state index contributed by atoms with van der Waals surface area (Å²) in [6.07, 6.45) is 1.43. The molecule has 90 valence electrons. The van der Waals surface area contributed by atoms with Crippen LogP contribution in [0, 0.1) is 0 Å². The number of nitrogens with one attached hydrogen (secondary N) is 1. The fourth-order valence-electron chi connectivity index (χ4n) is 1.39. The minimum atomic E-state index is -0.728. The van der Waals surface area contributed by atoms with Crippen LogP contribution in [-0.2, 0) is 0 Å². The number of benzene rings is 1. The Balaban J connectivity index is 2.24. The van der Waals surface area contributed by atoms with Gasteiger partial charge < -0.3 is 19.9 Å². The third-order valence-corrected chi connectivity index (χ3v) is 2.07. The summed E-state index contributed by atoms with van der Waals surface area (Å²) in [5, 5.41) is 3.64. The first kappa shape index (κ1) is 11.1. The molecule has 0 aromatic heterocycles. The first-order valence-electron chi connectivity index (χ1n) is 4.77. The van der Waals surface area contributed by atoms with Crippen molar-refractivity contribution in [3.8, 4) is 17.2 Å². The van der Waals surface area contributed by atoms with Crippen LogP contribution in [0.4, 0.5) is 4.79 Å². The highest BCUT2D eigenvalue weighted by Gasteiger charge is 2.19. The predicted molar refractivity (Wildman–Crippen MR) is 59.4 cm³/mol. The van der Waals surface area contributed by atoms with Gasteiger partial charge >= 0.3 is 6.03 Å². The third kappa shape index (κ3) is 2.39. The van der Waals surface area contributed by atoms with Crippen LogP contribution >= 0.6 is 0 Å².